The lowest BCUT2D eigenvalue weighted by Crippen LogP contribution is -2.43. The lowest BCUT2D eigenvalue weighted by atomic mass is 10.2. The van der Waals surface area contributed by atoms with E-state index >= 15 is 0 Å². The quantitative estimate of drug-likeness (QED) is 0.654. The van der Waals surface area contributed by atoms with Gasteiger partial charge in [-0.15, -0.1) is 0 Å². The Bertz CT molecular complexity index is 768. The Morgan fingerprint density at radius 2 is 2.00 bits per heavy atom. The summed E-state index contributed by atoms with van der Waals surface area (Å²) in [5.74, 6) is -1.99. The first-order chi connectivity index (χ1) is 12.2. The van der Waals surface area contributed by atoms with E-state index in [0.29, 0.717) is 6.42 Å². The number of rotatable bonds is 7. The molecule has 0 saturated carbocycles. The van der Waals surface area contributed by atoms with Crippen molar-refractivity contribution in [2.45, 2.75) is 26.0 Å². The Hall–Kier alpha value is -2.23. The number of hydrogen-bond donors (Lipinski definition) is 0. The van der Waals surface area contributed by atoms with Gasteiger partial charge in [0.15, 0.2) is 16.4 Å². The molecule has 10 heteroatoms. The van der Waals surface area contributed by atoms with Crippen molar-refractivity contribution in [3.63, 3.8) is 0 Å². The highest BCUT2D eigenvalue weighted by Crippen LogP contribution is 2.21. The molecule has 0 N–H and O–H groups in total. The number of benzene rings is 1. The molecule has 1 aromatic carbocycles. The number of para-hydroxylation sites is 1. The molecule has 7 nitrogen and oxygen atoms in total. The van der Waals surface area contributed by atoms with Crippen molar-refractivity contribution in [1.82, 2.24) is 4.90 Å². The molecule has 0 spiro atoms. The average molecular weight is 391 g/mol. The molecule has 1 amide bonds. The van der Waals surface area contributed by atoms with Crippen LogP contribution in [0.25, 0.3) is 0 Å². The van der Waals surface area contributed by atoms with Crippen LogP contribution >= 0.6 is 0 Å². The highest BCUT2D eigenvalue weighted by atomic mass is 32.2. The van der Waals surface area contributed by atoms with Gasteiger partial charge in [0.05, 0.1) is 11.5 Å². The third-order valence-electron chi connectivity index (χ3n) is 3.96. The molecule has 0 aliphatic carbocycles. The molecule has 1 heterocycles. The second-order valence-electron chi connectivity index (χ2n) is 5.69. The third kappa shape index (κ3) is 5.13. The number of nitrogens with zero attached hydrogens (tertiary/aromatic N) is 1. The van der Waals surface area contributed by atoms with Gasteiger partial charge in [-0.05, 0) is 25.5 Å². The Morgan fingerprint density at radius 1 is 1.31 bits per heavy atom. The topological polar surface area (TPSA) is 90.0 Å². The number of amides is 1. The molecule has 1 unspecified atom stereocenters. The molecular weight excluding hydrogens is 372 g/mol. The fourth-order valence-corrected chi connectivity index (χ4v) is 4.51. The van der Waals surface area contributed by atoms with Crippen molar-refractivity contribution in [2.75, 3.05) is 24.7 Å². The largest absolute Gasteiger partial charge is 0.452 e. The van der Waals surface area contributed by atoms with E-state index in [2.05, 4.69) is 4.74 Å². The van der Waals surface area contributed by atoms with Crippen molar-refractivity contribution < 1.29 is 36.3 Å². The molecule has 1 atom stereocenters. The number of carbonyl (C=O) groups excluding carboxylic acids is 2. The Labute approximate surface area is 149 Å². The number of ether oxygens (including phenoxy) is 2. The molecule has 1 aliphatic heterocycles. The van der Waals surface area contributed by atoms with E-state index < -0.39 is 41.0 Å². The molecule has 0 aromatic heterocycles. The zero-order valence-electron chi connectivity index (χ0n) is 14.1. The summed E-state index contributed by atoms with van der Waals surface area (Å²) in [5, 5.41) is 0. The van der Waals surface area contributed by atoms with Crippen molar-refractivity contribution in [3.05, 3.63) is 29.8 Å². The Kier molecular flexibility index (Phi) is 6.52. The molecule has 1 saturated heterocycles. The number of alkyl halides is 2. The summed E-state index contributed by atoms with van der Waals surface area (Å²) < 4.78 is 57.0. The van der Waals surface area contributed by atoms with Gasteiger partial charge in [0.2, 0.25) is 0 Å². The first-order valence-electron chi connectivity index (χ1n) is 7.94. The number of esters is 1. The molecule has 2 rings (SSSR count). The molecule has 0 radical (unpaired) electrons. The van der Waals surface area contributed by atoms with Crippen LogP contribution in [0.3, 0.4) is 0 Å². The van der Waals surface area contributed by atoms with E-state index in [1.165, 1.54) is 29.2 Å². The summed E-state index contributed by atoms with van der Waals surface area (Å²) in [7, 11) is -3.16. The van der Waals surface area contributed by atoms with Gasteiger partial charge in [0, 0.05) is 12.6 Å². The van der Waals surface area contributed by atoms with Gasteiger partial charge >= 0.3 is 12.6 Å². The van der Waals surface area contributed by atoms with E-state index in [0.717, 1.165) is 0 Å². The molecule has 26 heavy (non-hydrogen) atoms. The van der Waals surface area contributed by atoms with Crippen molar-refractivity contribution >= 4 is 21.7 Å². The predicted octanol–water partition coefficient (Wildman–Crippen LogP) is 1.48. The molecule has 1 aromatic rings. The van der Waals surface area contributed by atoms with Crippen LogP contribution in [0.2, 0.25) is 0 Å². The van der Waals surface area contributed by atoms with Gasteiger partial charge < -0.3 is 14.4 Å². The normalized spacial score (nSPS) is 18.5. The summed E-state index contributed by atoms with van der Waals surface area (Å²) in [6.07, 6.45) is 0.334. The average Bonchev–Trinajstić information content (AvgIpc) is 2.93. The fourth-order valence-electron chi connectivity index (χ4n) is 2.78. The summed E-state index contributed by atoms with van der Waals surface area (Å²) >= 11 is 0. The lowest BCUT2D eigenvalue weighted by Gasteiger charge is -2.26. The maximum Gasteiger partial charge on any atom is 0.387 e. The number of carbonyl (C=O) groups is 2. The molecule has 1 fully saturated rings. The van der Waals surface area contributed by atoms with Gasteiger partial charge in [-0.3, -0.25) is 4.79 Å². The highest BCUT2D eigenvalue weighted by Gasteiger charge is 2.34. The molecule has 144 valence electrons. The predicted molar refractivity (Wildman–Crippen MR) is 87.8 cm³/mol. The second kappa shape index (κ2) is 8.43. The van der Waals surface area contributed by atoms with E-state index in [1.807, 2.05) is 0 Å². The molecule has 0 bridgehead atoms. The van der Waals surface area contributed by atoms with Crippen molar-refractivity contribution in [2.24, 2.45) is 0 Å². The van der Waals surface area contributed by atoms with E-state index in [4.69, 9.17) is 4.74 Å². The van der Waals surface area contributed by atoms with Crippen LogP contribution in [-0.2, 0) is 19.4 Å². The minimum atomic E-state index is -3.16. The summed E-state index contributed by atoms with van der Waals surface area (Å²) in [5.41, 5.74) is -0.230. The van der Waals surface area contributed by atoms with Crippen molar-refractivity contribution in [1.29, 1.82) is 0 Å². The fraction of sp³-hybridized carbons (Fsp3) is 0.500. The minimum absolute atomic E-state index is 0.0135. The number of sulfone groups is 1. The Balaban J connectivity index is 1.99. The smallest absolute Gasteiger partial charge is 0.387 e. The number of hydrogen-bond acceptors (Lipinski definition) is 6. The minimum Gasteiger partial charge on any atom is -0.452 e. The first-order valence-corrected chi connectivity index (χ1v) is 9.76. The number of halogens is 2. The SMILES string of the molecule is CCN(C(=O)COC(=O)c1ccccc1OC(F)F)C1CCS(=O)(=O)C1. The Morgan fingerprint density at radius 3 is 2.58 bits per heavy atom. The van der Waals surface area contributed by atoms with Gasteiger partial charge in [0.25, 0.3) is 5.91 Å². The third-order valence-corrected chi connectivity index (χ3v) is 5.71. The summed E-state index contributed by atoms with van der Waals surface area (Å²) in [6.45, 7) is -1.77. The lowest BCUT2D eigenvalue weighted by molar-refractivity contribution is -0.136. The molecular formula is C16H19F2NO6S. The van der Waals surface area contributed by atoms with E-state index in [1.54, 1.807) is 6.92 Å². The van der Waals surface area contributed by atoms with Gasteiger partial charge in [-0.25, -0.2) is 13.2 Å². The summed E-state index contributed by atoms with van der Waals surface area (Å²) in [4.78, 5) is 25.7. The zero-order valence-corrected chi connectivity index (χ0v) is 14.9. The maximum absolute atomic E-state index is 12.4. The van der Waals surface area contributed by atoms with Gasteiger partial charge in [0.1, 0.15) is 11.3 Å². The summed E-state index contributed by atoms with van der Waals surface area (Å²) in [6, 6.07) is 4.83. The monoisotopic (exact) mass is 391 g/mol. The van der Waals surface area contributed by atoms with Crippen molar-refractivity contribution in [3.8, 4) is 5.75 Å². The second-order valence-corrected chi connectivity index (χ2v) is 7.92. The first kappa shape index (κ1) is 20.1. The number of likely N-dealkylation sites (N-methyl/N-ethyl adjacent to an activating group) is 1. The van der Waals surface area contributed by atoms with Crippen LogP contribution < -0.4 is 4.74 Å². The molecule has 1 aliphatic rings. The standard InChI is InChI=1S/C16H19F2NO6S/c1-2-19(11-7-8-26(22,23)10-11)14(20)9-24-15(21)12-5-3-4-6-13(12)25-16(17)18/h3-6,11,16H,2,7-10H2,1H3. The van der Waals surface area contributed by atoms with Crippen LogP contribution in [0.15, 0.2) is 24.3 Å². The van der Waals surface area contributed by atoms with Crippen LogP contribution in [0.1, 0.15) is 23.7 Å². The van der Waals surface area contributed by atoms with Crippen LogP contribution in [0.5, 0.6) is 5.75 Å². The zero-order chi connectivity index (χ0) is 19.3. The van der Waals surface area contributed by atoms with Crippen LogP contribution in [0.4, 0.5) is 8.78 Å². The van der Waals surface area contributed by atoms with Crippen LogP contribution in [-0.4, -0.2) is 62.5 Å². The highest BCUT2D eigenvalue weighted by molar-refractivity contribution is 7.91. The maximum atomic E-state index is 12.4. The van der Waals surface area contributed by atoms with E-state index in [9.17, 15) is 26.8 Å². The van der Waals surface area contributed by atoms with Crippen LogP contribution in [0, 0.1) is 0 Å². The van der Waals surface area contributed by atoms with E-state index in [-0.39, 0.29) is 29.4 Å². The van der Waals surface area contributed by atoms with Gasteiger partial charge in [-0.2, -0.15) is 8.78 Å². The van der Waals surface area contributed by atoms with Gasteiger partial charge in [-0.1, -0.05) is 12.1 Å².